The van der Waals surface area contributed by atoms with Gasteiger partial charge in [-0.25, -0.2) is 9.50 Å². The van der Waals surface area contributed by atoms with Gasteiger partial charge in [0.2, 0.25) is 4.96 Å². The van der Waals surface area contributed by atoms with Crippen molar-refractivity contribution in [2.45, 2.75) is 19.4 Å². The van der Waals surface area contributed by atoms with Crippen LogP contribution in [0.3, 0.4) is 0 Å². The quantitative estimate of drug-likeness (QED) is 0.176. The maximum absolute atomic E-state index is 13.0. The van der Waals surface area contributed by atoms with Gasteiger partial charge in [0.25, 0.3) is 5.19 Å². The van der Waals surface area contributed by atoms with Crippen LogP contribution in [0.5, 0.6) is 22.4 Å². The number of halogens is 3. The summed E-state index contributed by atoms with van der Waals surface area (Å²) in [5.74, 6) is 2.16. The number of rotatable bonds is 9. The van der Waals surface area contributed by atoms with Crippen molar-refractivity contribution in [1.29, 1.82) is 0 Å². The van der Waals surface area contributed by atoms with E-state index < -0.39 is 11.7 Å². The summed E-state index contributed by atoms with van der Waals surface area (Å²) in [7, 11) is 3.11. The number of hydrogen-bond donors (Lipinski definition) is 0. The van der Waals surface area contributed by atoms with E-state index in [4.69, 9.17) is 23.4 Å². The largest absolute Gasteiger partial charge is 0.496 e. The predicted octanol–water partition coefficient (Wildman–Crippen LogP) is 7.40. The molecule has 210 valence electrons. The first kappa shape index (κ1) is 26.5. The van der Waals surface area contributed by atoms with Gasteiger partial charge >= 0.3 is 6.18 Å². The smallest absolute Gasteiger partial charge is 0.416 e. The van der Waals surface area contributed by atoms with Crippen LogP contribution in [0.2, 0.25) is 0 Å². The van der Waals surface area contributed by atoms with Crippen molar-refractivity contribution in [3.63, 3.8) is 0 Å². The van der Waals surface area contributed by atoms with Crippen molar-refractivity contribution in [3.8, 4) is 33.9 Å². The molecule has 0 atom stereocenters. The Bertz CT molecular complexity index is 1810. The third-order valence-electron chi connectivity index (χ3n) is 6.21. The third-order valence-corrected chi connectivity index (χ3v) is 7.10. The first-order valence-electron chi connectivity index (χ1n) is 12.3. The fourth-order valence-corrected chi connectivity index (χ4v) is 4.92. The van der Waals surface area contributed by atoms with Crippen LogP contribution in [0.25, 0.3) is 27.4 Å². The molecular formula is C29H22F3N3O5S. The Labute approximate surface area is 235 Å². The minimum atomic E-state index is -4.41. The summed E-state index contributed by atoms with van der Waals surface area (Å²) in [6.45, 7) is 0.198. The molecule has 0 unspecified atom stereocenters. The lowest BCUT2D eigenvalue weighted by atomic mass is 10.1. The molecule has 0 aliphatic rings. The number of benzene rings is 3. The van der Waals surface area contributed by atoms with Crippen LogP contribution in [0.4, 0.5) is 13.2 Å². The predicted molar refractivity (Wildman–Crippen MR) is 146 cm³/mol. The zero-order chi connectivity index (χ0) is 28.6. The average Bonchev–Trinajstić information content (AvgIpc) is 3.68. The van der Waals surface area contributed by atoms with Crippen molar-refractivity contribution in [2.24, 2.45) is 0 Å². The fraction of sp³-hybridized carbons (Fsp3) is 0.172. The van der Waals surface area contributed by atoms with Crippen LogP contribution >= 0.6 is 11.3 Å². The molecule has 0 fully saturated rings. The van der Waals surface area contributed by atoms with Crippen LogP contribution in [0, 0.1) is 0 Å². The molecule has 12 heteroatoms. The van der Waals surface area contributed by atoms with Gasteiger partial charge in [0.15, 0.2) is 5.76 Å². The van der Waals surface area contributed by atoms with Crippen LogP contribution in [-0.2, 0) is 19.4 Å². The van der Waals surface area contributed by atoms with Crippen molar-refractivity contribution in [3.05, 3.63) is 89.6 Å². The van der Waals surface area contributed by atoms with E-state index in [1.165, 1.54) is 17.4 Å². The molecule has 0 bridgehead atoms. The van der Waals surface area contributed by atoms with Crippen LogP contribution in [0.1, 0.15) is 16.7 Å². The summed E-state index contributed by atoms with van der Waals surface area (Å²) in [5, 5.41) is 5.54. The fourth-order valence-electron chi connectivity index (χ4n) is 4.22. The van der Waals surface area contributed by atoms with Gasteiger partial charge in [0.1, 0.15) is 41.7 Å². The van der Waals surface area contributed by atoms with Crippen molar-refractivity contribution in [2.75, 3.05) is 14.2 Å². The van der Waals surface area contributed by atoms with Gasteiger partial charge in [-0.2, -0.15) is 13.2 Å². The van der Waals surface area contributed by atoms with Gasteiger partial charge in [-0.05, 0) is 52.8 Å². The zero-order valence-electron chi connectivity index (χ0n) is 21.8. The minimum Gasteiger partial charge on any atom is -0.496 e. The Kier molecular flexibility index (Phi) is 6.91. The molecule has 0 N–H and O–H groups in total. The Morgan fingerprint density at radius 3 is 2.41 bits per heavy atom. The Hall–Kier alpha value is -4.71. The Balaban J connectivity index is 1.19. The minimum absolute atomic E-state index is 0.00337. The standard InChI is InChI=1S/C29H22F3N3O5S/c1-36-21-11-24(22-13-26(40-25(22)12-21)23-14-35-27(33-23)41-28(34-35)37-2)39-16-18-6-4-8-20(10-18)38-15-17-5-3-7-19(9-17)29(30,31)32/h3-14H,15-16H2,1-2H3. The summed E-state index contributed by atoms with van der Waals surface area (Å²) in [6, 6.07) is 17.7. The van der Waals surface area contributed by atoms with Crippen LogP contribution in [0.15, 0.2) is 77.3 Å². The van der Waals surface area contributed by atoms with E-state index in [0.29, 0.717) is 50.0 Å². The van der Waals surface area contributed by atoms with E-state index >= 15 is 0 Å². The van der Waals surface area contributed by atoms with Gasteiger partial charge in [0.05, 0.1) is 31.4 Å². The number of fused-ring (bicyclic) bond motifs is 2. The van der Waals surface area contributed by atoms with Gasteiger partial charge in [-0.1, -0.05) is 24.3 Å². The lowest BCUT2D eigenvalue weighted by Gasteiger charge is -2.12. The number of ether oxygens (including phenoxy) is 4. The van der Waals surface area contributed by atoms with Gasteiger partial charge in [-0.15, -0.1) is 5.10 Å². The molecule has 3 heterocycles. The number of aromatic nitrogens is 3. The molecule has 41 heavy (non-hydrogen) atoms. The second-order valence-electron chi connectivity index (χ2n) is 9.00. The molecular weight excluding hydrogens is 559 g/mol. The maximum atomic E-state index is 13.0. The number of nitrogens with zero attached hydrogens (tertiary/aromatic N) is 3. The maximum Gasteiger partial charge on any atom is 0.416 e. The summed E-state index contributed by atoms with van der Waals surface area (Å²) in [5.41, 5.74) is 1.69. The summed E-state index contributed by atoms with van der Waals surface area (Å²) in [4.78, 5) is 5.25. The number of methoxy groups -OCH3 is 2. The molecule has 0 radical (unpaired) electrons. The first-order chi connectivity index (χ1) is 19.8. The normalized spacial score (nSPS) is 11.7. The average molecular weight is 582 g/mol. The van der Waals surface area contributed by atoms with E-state index in [-0.39, 0.29) is 13.2 Å². The zero-order valence-corrected chi connectivity index (χ0v) is 22.6. The highest BCUT2D eigenvalue weighted by Gasteiger charge is 2.30. The lowest BCUT2D eigenvalue weighted by Crippen LogP contribution is -2.06. The second kappa shape index (κ2) is 10.7. The van der Waals surface area contributed by atoms with E-state index in [2.05, 4.69) is 10.1 Å². The van der Waals surface area contributed by atoms with E-state index in [1.54, 1.807) is 61.3 Å². The van der Waals surface area contributed by atoms with Crippen molar-refractivity contribution >= 4 is 27.3 Å². The second-order valence-corrected chi connectivity index (χ2v) is 9.91. The monoisotopic (exact) mass is 581 g/mol. The molecule has 0 aliphatic carbocycles. The Morgan fingerprint density at radius 2 is 1.66 bits per heavy atom. The van der Waals surface area contributed by atoms with Gasteiger partial charge in [0, 0.05) is 12.1 Å². The number of imidazole rings is 1. The lowest BCUT2D eigenvalue weighted by molar-refractivity contribution is -0.137. The third kappa shape index (κ3) is 5.64. The van der Waals surface area contributed by atoms with E-state index in [1.807, 2.05) is 12.1 Å². The van der Waals surface area contributed by atoms with Crippen molar-refractivity contribution in [1.82, 2.24) is 14.6 Å². The summed E-state index contributed by atoms with van der Waals surface area (Å²) >= 11 is 1.32. The molecule has 8 nitrogen and oxygen atoms in total. The molecule has 3 aromatic carbocycles. The highest BCUT2D eigenvalue weighted by atomic mass is 32.1. The topological polar surface area (TPSA) is 80.2 Å². The number of furan rings is 1. The molecule has 6 rings (SSSR count). The molecule has 0 aliphatic heterocycles. The first-order valence-corrected chi connectivity index (χ1v) is 13.1. The molecule has 0 saturated carbocycles. The van der Waals surface area contributed by atoms with E-state index in [0.717, 1.165) is 23.1 Å². The molecule has 0 saturated heterocycles. The number of alkyl halides is 3. The highest BCUT2D eigenvalue weighted by molar-refractivity contribution is 7.18. The van der Waals surface area contributed by atoms with Crippen molar-refractivity contribution < 1.29 is 36.5 Å². The van der Waals surface area contributed by atoms with Crippen LogP contribution in [-0.4, -0.2) is 28.8 Å². The van der Waals surface area contributed by atoms with Crippen LogP contribution < -0.4 is 18.9 Å². The Morgan fingerprint density at radius 1 is 0.878 bits per heavy atom. The number of hydrogen-bond acceptors (Lipinski definition) is 8. The summed E-state index contributed by atoms with van der Waals surface area (Å²) in [6.07, 6.45) is -2.65. The van der Waals surface area contributed by atoms with Gasteiger partial charge < -0.3 is 23.4 Å². The SMILES string of the molecule is COc1cc(OCc2cccc(OCc3cccc(C(F)(F)F)c3)c2)c2cc(-c3cn4nc(OC)sc4n3)oc2c1. The molecule has 3 aromatic heterocycles. The molecule has 6 aromatic rings. The molecule has 0 amide bonds. The van der Waals surface area contributed by atoms with Gasteiger partial charge in [-0.3, -0.25) is 0 Å². The highest BCUT2D eigenvalue weighted by Crippen LogP contribution is 2.38. The molecule has 0 spiro atoms. The summed E-state index contributed by atoms with van der Waals surface area (Å²) < 4.78 is 69.3. The van der Waals surface area contributed by atoms with E-state index in [9.17, 15) is 13.2 Å².